The van der Waals surface area contributed by atoms with Gasteiger partial charge in [0, 0.05) is 37.9 Å². The minimum atomic E-state index is 0.429. The Kier molecular flexibility index (Phi) is 3.63. The number of rotatable bonds is 3. The second-order valence-corrected chi connectivity index (χ2v) is 6.57. The molecule has 1 aromatic rings. The van der Waals surface area contributed by atoms with E-state index in [-0.39, 0.29) is 0 Å². The Balaban J connectivity index is 1.67. The van der Waals surface area contributed by atoms with Gasteiger partial charge in [-0.2, -0.15) is 5.10 Å². The van der Waals surface area contributed by atoms with E-state index in [2.05, 4.69) is 34.6 Å². The number of nitrogens with zero attached hydrogens (tertiary/aromatic N) is 3. The van der Waals surface area contributed by atoms with Gasteiger partial charge in [0.2, 0.25) is 0 Å². The lowest BCUT2D eigenvalue weighted by atomic mass is 9.78. The van der Waals surface area contributed by atoms with Crippen LogP contribution in [-0.2, 0) is 6.54 Å². The third-order valence-electron chi connectivity index (χ3n) is 4.86. The minimum Gasteiger partial charge on any atom is -0.327 e. The van der Waals surface area contributed by atoms with Crippen LogP contribution in [0.4, 0.5) is 0 Å². The van der Waals surface area contributed by atoms with Gasteiger partial charge >= 0.3 is 0 Å². The van der Waals surface area contributed by atoms with Crippen molar-refractivity contribution in [3.05, 3.63) is 18.0 Å². The average Bonchev–Trinajstić information content (AvgIpc) is 2.96. The van der Waals surface area contributed by atoms with Gasteiger partial charge in [0.15, 0.2) is 0 Å². The van der Waals surface area contributed by atoms with Crippen molar-refractivity contribution in [2.45, 2.75) is 51.7 Å². The zero-order chi connectivity index (χ0) is 13.4. The van der Waals surface area contributed by atoms with Gasteiger partial charge in [0.1, 0.15) is 0 Å². The van der Waals surface area contributed by atoms with E-state index in [0.717, 1.165) is 18.4 Å². The molecule has 0 aromatic carbocycles. The molecule has 4 heteroatoms. The fourth-order valence-electron chi connectivity index (χ4n) is 3.90. The molecule has 0 radical (unpaired) electrons. The molecular weight excluding hydrogens is 236 g/mol. The first kappa shape index (κ1) is 13.1. The van der Waals surface area contributed by atoms with E-state index < -0.39 is 0 Å². The summed E-state index contributed by atoms with van der Waals surface area (Å²) in [5.41, 5.74) is 7.62. The molecule has 19 heavy (non-hydrogen) atoms. The number of likely N-dealkylation sites (tertiary alicyclic amines) is 1. The number of hydrogen-bond acceptors (Lipinski definition) is 3. The van der Waals surface area contributed by atoms with Crippen molar-refractivity contribution in [1.82, 2.24) is 14.7 Å². The standard InChI is InChI=1S/C15H26N4/c1-11(2)19-13(6-7-17-19)9-18-8-12-4-3-5-15(16)14(12)10-18/h6-7,11-12,14-15H,3-5,8-10,16H2,1-2H3. The molecule has 0 bridgehead atoms. The van der Waals surface area contributed by atoms with E-state index in [9.17, 15) is 0 Å². The summed E-state index contributed by atoms with van der Waals surface area (Å²) in [4.78, 5) is 2.58. The molecule has 3 atom stereocenters. The smallest absolute Gasteiger partial charge is 0.0527 e. The Morgan fingerprint density at radius 1 is 1.37 bits per heavy atom. The molecule has 1 aliphatic carbocycles. The van der Waals surface area contributed by atoms with Crippen LogP contribution in [0.25, 0.3) is 0 Å². The molecule has 2 aliphatic rings. The molecule has 106 valence electrons. The first-order valence-electron chi connectivity index (χ1n) is 7.65. The van der Waals surface area contributed by atoms with Gasteiger partial charge in [-0.25, -0.2) is 0 Å². The van der Waals surface area contributed by atoms with Crippen molar-refractivity contribution in [3.8, 4) is 0 Å². The highest BCUT2D eigenvalue weighted by atomic mass is 15.3. The molecule has 3 rings (SSSR count). The predicted octanol–water partition coefficient (Wildman–Crippen LogP) is 2.02. The van der Waals surface area contributed by atoms with Crippen molar-refractivity contribution < 1.29 is 0 Å². The van der Waals surface area contributed by atoms with Gasteiger partial charge in [-0.1, -0.05) is 6.42 Å². The number of nitrogens with two attached hydrogens (primary N) is 1. The molecule has 1 aromatic heterocycles. The molecule has 4 nitrogen and oxygen atoms in total. The van der Waals surface area contributed by atoms with E-state index in [4.69, 9.17) is 5.73 Å². The lowest BCUT2D eigenvalue weighted by molar-refractivity contribution is 0.259. The Morgan fingerprint density at radius 3 is 2.95 bits per heavy atom. The quantitative estimate of drug-likeness (QED) is 0.906. The van der Waals surface area contributed by atoms with Crippen LogP contribution in [0.2, 0.25) is 0 Å². The SMILES string of the molecule is CC(C)n1nccc1CN1CC2CCCC(N)C2C1. The number of hydrogen-bond donors (Lipinski definition) is 1. The second-order valence-electron chi connectivity index (χ2n) is 6.57. The third kappa shape index (κ3) is 2.56. The second kappa shape index (κ2) is 5.25. The topological polar surface area (TPSA) is 47.1 Å². The zero-order valence-electron chi connectivity index (χ0n) is 12.1. The highest BCUT2D eigenvalue weighted by molar-refractivity contribution is 5.03. The largest absolute Gasteiger partial charge is 0.327 e. The molecule has 1 aliphatic heterocycles. The molecule has 0 amide bonds. The highest BCUT2D eigenvalue weighted by Gasteiger charge is 2.38. The van der Waals surface area contributed by atoms with E-state index in [0.29, 0.717) is 12.1 Å². The first-order chi connectivity index (χ1) is 9.15. The average molecular weight is 262 g/mol. The fraction of sp³-hybridized carbons (Fsp3) is 0.800. The maximum absolute atomic E-state index is 6.29. The summed E-state index contributed by atoms with van der Waals surface area (Å²) in [6, 6.07) is 3.03. The van der Waals surface area contributed by atoms with Gasteiger partial charge in [-0.05, 0) is 44.6 Å². The van der Waals surface area contributed by atoms with Crippen molar-refractivity contribution >= 4 is 0 Å². The molecule has 1 saturated heterocycles. The third-order valence-corrected chi connectivity index (χ3v) is 4.86. The lowest BCUT2D eigenvalue weighted by Crippen LogP contribution is -2.38. The Hall–Kier alpha value is -0.870. The number of fused-ring (bicyclic) bond motifs is 1. The van der Waals surface area contributed by atoms with Crippen molar-refractivity contribution in [2.24, 2.45) is 17.6 Å². The van der Waals surface area contributed by atoms with Crippen LogP contribution in [0.1, 0.15) is 44.8 Å². The van der Waals surface area contributed by atoms with Crippen LogP contribution in [0.15, 0.2) is 12.3 Å². The van der Waals surface area contributed by atoms with Crippen LogP contribution in [0.5, 0.6) is 0 Å². The Morgan fingerprint density at radius 2 is 2.21 bits per heavy atom. The first-order valence-corrected chi connectivity index (χ1v) is 7.65. The van der Waals surface area contributed by atoms with E-state index in [1.54, 1.807) is 0 Å². The van der Waals surface area contributed by atoms with E-state index in [1.165, 1.54) is 38.0 Å². The van der Waals surface area contributed by atoms with Gasteiger partial charge in [0.25, 0.3) is 0 Å². The fourth-order valence-corrected chi connectivity index (χ4v) is 3.90. The zero-order valence-corrected chi connectivity index (χ0v) is 12.1. The van der Waals surface area contributed by atoms with Crippen molar-refractivity contribution in [1.29, 1.82) is 0 Å². The van der Waals surface area contributed by atoms with Crippen LogP contribution < -0.4 is 5.73 Å². The van der Waals surface area contributed by atoms with Gasteiger partial charge < -0.3 is 5.73 Å². The maximum atomic E-state index is 6.29. The summed E-state index contributed by atoms with van der Waals surface area (Å²) < 4.78 is 2.14. The summed E-state index contributed by atoms with van der Waals surface area (Å²) in [7, 11) is 0. The molecule has 2 N–H and O–H groups in total. The van der Waals surface area contributed by atoms with Crippen molar-refractivity contribution in [3.63, 3.8) is 0 Å². The normalized spacial score (nSPS) is 31.9. The summed E-state index contributed by atoms with van der Waals surface area (Å²) in [5.74, 6) is 1.56. The molecule has 3 unspecified atom stereocenters. The molecule has 0 spiro atoms. The molecule has 1 saturated carbocycles. The maximum Gasteiger partial charge on any atom is 0.0527 e. The highest BCUT2D eigenvalue weighted by Crippen LogP contribution is 2.36. The monoisotopic (exact) mass is 262 g/mol. The van der Waals surface area contributed by atoms with Crippen LogP contribution >= 0.6 is 0 Å². The number of aromatic nitrogens is 2. The van der Waals surface area contributed by atoms with Crippen LogP contribution in [0.3, 0.4) is 0 Å². The lowest BCUT2D eigenvalue weighted by Gasteiger charge is -2.29. The van der Waals surface area contributed by atoms with Gasteiger partial charge in [-0.15, -0.1) is 0 Å². The summed E-state index contributed by atoms with van der Waals surface area (Å²) >= 11 is 0. The summed E-state index contributed by atoms with van der Waals surface area (Å²) in [6.07, 6.45) is 5.83. The summed E-state index contributed by atoms with van der Waals surface area (Å²) in [5, 5.41) is 4.43. The Bertz CT molecular complexity index is 426. The van der Waals surface area contributed by atoms with E-state index >= 15 is 0 Å². The molecule has 2 fully saturated rings. The van der Waals surface area contributed by atoms with Crippen LogP contribution in [0, 0.1) is 11.8 Å². The van der Waals surface area contributed by atoms with Gasteiger partial charge in [0.05, 0.1) is 5.69 Å². The summed E-state index contributed by atoms with van der Waals surface area (Å²) in [6.45, 7) is 7.81. The molecule has 2 heterocycles. The predicted molar refractivity (Wildman–Crippen MR) is 76.7 cm³/mol. The molecular formula is C15H26N4. The van der Waals surface area contributed by atoms with Crippen LogP contribution in [-0.4, -0.2) is 33.8 Å². The van der Waals surface area contributed by atoms with Gasteiger partial charge in [-0.3, -0.25) is 9.58 Å². The minimum absolute atomic E-state index is 0.429. The van der Waals surface area contributed by atoms with Crippen molar-refractivity contribution in [2.75, 3.05) is 13.1 Å². The Labute approximate surface area is 116 Å². The van der Waals surface area contributed by atoms with E-state index in [1.807, 2.05) is 6.20 Å².